The number of rotatable bonds is 1. The Morgan fingerprint density at radius 3 is 2.12 bits per heavy atom. The highest BCUT2D eigenvalue weighted by Gasteiger charge is 1.97. The van der Waals surface area contributed by atoms with E-state index in [-0.39, 0.29) is 5.11 Å². The largest absolute Gasteiger partial charge is 0.376 e. The zero-order chi connectivity index (χ0) is 6.78. The first-order valence-corrected chi connectivity index (χ1v) is 3.99. The molecule has 0 aliphatic rings. The summed E-state index contributed by atoms with van der Waals surface area (Å²) in [5, 5.41) is -0.229. The minimum Gasteiger partial charge on any atom is -0.376 e. The summed E-state index contributed by atoms with van der Waals surface area (Å²) in [7, 11) is -3.24. The molecule has 0 rings (SSSR count). The minimum atomic E-state index is -3.24. The fourth-order valence-electron chi connectivity index (χ4n) is 0.183. The zero-order valence-electron chi connectivity index (χ0n) is 4.21. The third-order valence-electron chi connectivity index (χ3n) is 0.286. The maximum Gasteiger partial charge on any atom is 0.231 e. The van der Waals surface area contributed by atoms with Crippen LogP contribution in [0.1, 0.15) is 0 Å². The van der Waals surface area contributed by atoms with Crippen LogP contribution in [-0.4, -0.2) is 19.8 Å². The van der Waals surface area contributed by atoms with Crippen LogP contribution in [-0.2, 0) is 10.0 Å². The Kier molecular flexibility index (Phi) is 2.17. The molecule has 0 aromatic rings. The lowest BCUT2D eigenvalue weighted by Crippen LogP contribution is -2.33. The van der Waals surface area contributed by atoms with Crippen molar-refractivity contribution in [1.82, 2.24) is 4.72 Å². The maximum absolute atomic E-state index is 10.2. The molecule has 48 valence electrons. The van der Waals surface area contributed by atoms with E-state index in [1.165, 1.54) is 0 Å². The monoisotopic (exact) mass is 154 g/mol. The third-order valence-corrected chi connectivity index (χ3v) is 1.11. The summed E-state index contributed by atoms with van der Waals surface area (Å²) >= 11 is 4.23. The van der Waals surface area contributed by atoms with Gasteiger partial charge < -0.3 is 5.73 Å². The first-order chi connectivity index (χ1) is 3.42. The smallest absolute Gasteiger partial charge is 0.231 e. The number of nitrogens with two attached hydrogens (primary N) is 1. The Labute approximate surface area is 53.1 Å². The highest BCUT2D eigenvalue weighted by Crippen LogP contribution is 1.69. The summed E-state index contributed by atoms with van der Waals surface area (Å²) in [6, 6.07) is 0. The van der Waals surface area contributed by atoms with Crippen molar-refractivity contribution in [3.05, 3.63) is 0 Å². The normalized spacial score (nSPS) is 10.6. The zero-order valence-corrected chi connectivity index (χ0v) is 5.84. The second kappa shape index (κ2) is 2.27. The van der Waals surface area contributed by atoms with Gasteiger partial charge in [0, 0.05) is 0 Å². The molecule has 8 heavy (non-hydrogen) atoms. The Balaban J connectivity index is 3.95. The molecule has 0 unspecified atom stereocenters. The average molecular weight is 154 g/mol. The van der Waals surface area contributed by atoms with Crippen molar-refractivity contribution >= 4 is 27.4 Å². The predicted molar refractivity (Wildman–Crippen MR) is 34.8 cm³/mol. The third kappa shape index (κ3) is 5.64. The molecular weight excluding hydrogens is 148 g/mol. The van der Waals surface area contributed by atoms with Crippen LogP contribution in [0.15, 0.2) is 0 Å². The molecule has 0 fully saturated rings. The molecule has 4 nitrogen and oxygen atoms in total. The van der Waals surface area contributed by atoms with Gasteiger partial charge in [0.15, 0.2) is 5.11 Å². The Morgan fingerprint density at radius 1 is 1.75 bits per heavy atom. The van der Waals surface area contributed by atoms with E-state index in [0.29, 0.717) is 0 Å². The fourth-order valence-corrected chi connectivity index (χ4v) is 1.00. The van der Waals surface area contributed by atoms with Crippen LogP contribution >= 0.6 is 12.2 Å². The van der Waals surface area contributed by atoms with E-state index in [2.05, 4.69) is 12.2 Å². The van der Waals surface area contributed by atoms with Gasteiger partial charge in [0.1, 0.15) is 0 Å². The quantitative estimate of drug-likeness (QED) is 0.464. The van der Waals surface area contributed by atoms with Crippen LogP contribution in [0.3, 0.4) is 0 Å². The van der Waals surface area contributed by atoms with Crippen molar-refractivity contribution in [3.63, 3.8) is 0 Å². The van der Waals surface area contributed by atoms with E-state index in [9.17, 15) is 8.42 Å². The molecule has 0 amide bonds. The van der Waals surface area contributed by atoms with E-state index >= 15 is 0 Å². The first-order valence-electron chi connectivity index (χ1n) is 1.69. The topological polar surface area (TPSA) is 72.2 Å². The van der Waals surface area contributed by atoms with Gasteiger partial charge in [-0.15, -0.1) is 0 Å². The summed E-state index contributed by atoms with van der Waals surface area (Å²) < 4.78 is 22.2. The first kappa shape index (κ1) is 7.64. The number of hydrogen-bond acceptors (Lipinski definition) is 3. The molecule has 0 aliphatic carbocycles. The predicted octanol–water partition coefficient (Wildman–Crippen LogP) is -1.22. The number of sulfonamides is 1. The van der Waals surface area contributed by atoms with Gasteiger partial charge in [0.25, 0.3) is 0 Å². The average Bonchev–Trinajstić information content (AvgIpc) is 1.21. The molecule has 0 heterocycles. The Bertz CT molecular complexity index is 182. The van der Waals surface area contributed by atoms with Crippen molar-refractivity contribution in [1.29, 1.82) is 0 Å². The second-order valence-corrected chi connectivity index (χ2v) is 3.43. The van der Waals surface area contributed by atoms with Crippen LogP contribution in [0.25, 0.3) is 0 Å². The lowest BCUT2D eigenvalue weighted by Gasteiger charge is -1.96. The van der Waals surface area contributed by atoms with Crippen LogP contribution < -0.4 is 10.5 Å². The maximum atomic E-state index is 10.2. The minimum absolute atomic E-state index is 0.229. The molecular formula is C2H6N2O2S2. The molecule has 0 atom stereocenters. The Morgan fingerprint density at radius 2 is 2.12 bits per heavy atom. The molecule has 0 bridgehead atoms. The van der Waals surface area contributed by atoms with Crippen LogP contribution in [0.5, 0.6) is 0 Å². The van der Waals surface area contributed by atoms with Crippen LogP contribution in [0.4, 0.5) is 0 Å². The summed E-state index contributed by atoms with van der Waals surface area (Å²) in [6.07, 6.45) is 0.978. The number of hydrogen-bond donors (Lipinski definition) is 2. The Hall–Kier alpha value is -0.360. The number of thiocarbonyl (C=S) groups is 1. The van der Waals surface area contributed by atoms with E-state index in [1.54, 1.807) is 0 Å². The van der Waals surface area contributed by atoms with Crippen molar-refractivity contribution in [3.8, 4) is 0 Å². The van der Waals surface area contributed by atoms with Gasteiger partial charge in [-0.25, -0.2) is 8.42 Å². The van der Waals surface area contributed by atoms with Gasteiger partial charge in [-0.3, -0.25) is 4.72 Å². The van der Waals surface area contributed by atoms with E-state index in [1.807, 2.05) is 4.72 Å². The fraction of sp³-hybridized carbons (Fsp3) is 0.500. The summed E-state index contributed by atoms with van der Waals surface area (Å²) in [5.41, 5.74) is 4.82. The molecule has 0 radical (unpaired) electrons. The molecule has 0 aromatic heterocycles. The molecule has 0 spiro atoms. The van der Waals surface area contributed by atoms with Crippen LogP contribution in [0.2, 0.25) is 0 Å². The molecule has 6 heteroatoms. The number of nitrogens with one attached hydrogen (secondary N) is 1. The SMILES string of the molecule is CS(=O)(=O)NC(N)=S. The molecule has 0 aromatic carbocycles. The van der Waals surface area contributed by atoms with Crippen molar-refractivity contribution in [2.24, 2.45) is 5.73 Å². The lowest BCUT2D eigenvalue weighted by molar-refractivity contribution is 0.598. The molecule has 3 N–H and O–H groups in total. The molecule has 0 saturated carbocycles. The van der Waals surface area contributed by atoms with Crippen molar-refractivity contribution in [2.45, 2.75) is 0 Å². The highest BCUT2D eigenvalue weighted by molar-refractivity contribution is 7.91. The summed E-state index contributed by atoms with van der Waals surface area (Å²) in [4.78, 5) is 0. The van der Waals surface area contributed by atoms with E-state index in [4.69, 9.17) is 5.73 Å². The summed E-state index contributed by atoms with van der Waals surface area (Å²) in [5.74, 6) is 0. The van der Waals surface area contributed by atoms with Gasteiger partial charge >= 0.3 is 0 Å². The van der Waals surface area contributed by atoms with Gasteiger partial charge in [0.2, 0.25) is 10.0 Å². The van der Waals surface area contributed by atoms with Crippen molar-refractivity contribution < 1.29 is 8.42 Å². The van der Waals surface area contributed by atoms with E-state index in [0.717, 1.165) is 6.26 Å². The summed E-state index contributed by atoms with van der Waals surface area (Å²) in [6.45, 7) is 0. The van der Waals surface area contributed by atoms with Gasteiger partial charge in [0.05, 0.1) is 6.26 Å². The lowest BCUT2D eigenvalue weighted by atomic mass is 11.3. The highest BCUT2D eigenvalue weighted by atomic mass is 32.2. The van der Waals surface area contributed by atoms with E-state index < -0.39 is 10.0 Å². The van der Waals surface area contributed by atoms with Crippen molar-refractivity contribution in [2.75, 3.05) is 6.26 Å². The standard InChI is InChI=1S/C2H6N2O2S2/c1-8(5,6)4-2(3)7/h1H3,(H3,3,4,7). The van der Waals surface area contributed by atoms with Crippen LogP contribution in [0, 0.1) is 0 Å². The second-order valence-electron chi connectivity index (χ2n) is 1.24. The molecule has 0 saturated heterocycles. The van der Waals surface area contributed by atoms with Gasteiger partial charge in [-0.1, -0.05) is 0 Å². The van der Waals surface area contributed by atoms with Gasteiger partial charge in [-0.2, -0.15) is 0 Å². The molecule has 0 aliphatic heterocycles. The van der Waals surface area contributed by atoms with Gasteiger partial charge in [-0.05, 0) is 12.2 Å².